The number of furan rings is 1. The summed E-state index contributed by atoms with van der Waals surface area (Å²) in [5, 5.41) is 0. The molecular weight excluding hydrogens is 222 g/mol. The number of ether oxygens (including phenoxy) is 1. The van der Waals surface area contributed by atoms with Crippen molar-refractivity contribution in [3.05, 3.63) is 35.9 Å². The van der Waals surface area contributed by atoms with Crippen molar-refractivity contribution in [1.29, 1.82) is 0 Å². The molecule has 0 saturated heterocycles. The summed E-state index contributed by atoms with van der Waals surface area (Å²) >= 11 is 0. The number of nitrogens with two attached hydrogens (primary N) is 1. The first kappa shape index (κ1) is 11.4. The molecule has 90 valence electrons. The fourth-order valence-corrected chi connectivity index (χ4v) is 2.08. The molecule has 2 atom stereocenters. The number of carbonyl (C=O) groups is 2. The van der Waals surface area contributed by atoms with Crippen molar-refractivity contribution in [3.8, 4) is 0 Å². The lowest BCUT2D eigenvalue weighted by atomic mass is 9.79. The number of ketones is 1. The summed E-state index contributed by atoms with van der Waals surface area (Å²) in [5.41, 5.74) is 6.13. The van der Waals surface area contributed by atoms with Crippen LogP contribution in [0.4, 0.5) is 0 Å². The van der Waals surface area contributed by atoms with E-state index in [0.717, 1.165) is 0 Å². The van der Waals surface area contributed by atoms with Gasteiger partial charge in [-0.05, 0) is 18.6 Å². The fraction of sp³-hybridized carbons (Fsp3) is 0.333. The maximum Gasteiger partial charge on any atom is 0.317 e. The second kappa shape index (κ2) is 4.45. The van der Waals surface area contributed by atoms with Crippen LogP contribution in [0.5, 0.6) is 0 Å². The van der Waals surface area contributed by atoms with Gasteiger partial charge in [-0.1, -0.05) is 0 Å². The predicted octanol–water partition coefficient (Wildman–Crippen LogP) is 0.968. The average molecular weight is 235 g/mol. The summed E-state index contributed by atoms with van der Waals surface area (Å²) in [7, 11) is 1.26. The molecule has 0 bridgehead atoms. The van der Waals surface area contributed by atoms with E-state index in [1.165, 1.54) is 19.4 Å². The number of hydrogen-bond acceptors (Lipinski definition) is 5. The Hall–Kier alpha value is -2.04. The summed E-state index contributed by atoms with van der Waals surface area (Å²) in [4.78, 5) is 23.4. The summed E-state index contributed by atoms with van der Waals surface area (Å²) in [6, 6.07) is 3.44. The van der Waals surface area contributed by atoms with Crippen LogP contribution in [-0.4, -0.2) is 18.9 Å². The first-order valence-corrected chi connectivity index (χ1v) is 5.24. The third-order valence-corrected chi connectivity index (χ3v) is 2.86. The van der Waals surface area contributed by atoms with E-state index in [9.17, 15) is 9.59 Å². The molecule has 1 heterocycles. The Morgan fingerprint density at radius 3 is 2.94 bits per heavy atom. The second-order valence-corrected chi connectivity index (χ2v) is 3.95. The standard InChI is InChI=1S/C12H13NO4/c1-16-12(15)11-8(10-3-2-4-17-10)5-7(13)6-9(11)14/h2-4,6,8,11H,5,13H2,1H3/t8-,11-/m0/s1. The van der Waals surface area contributed by atoms with Gasteiger partial charge in [0.25, 0.3) is 0 Å². The topological polar surface area (TPSA) is 82.5 Å². The molecule has 1 aliphatic carbocycles. The van der Waals surface area contributed by atoms with Crippen molar-refractivity contribution in [2.45, 2.75) is 12.3 Å². The van der Waals surface area contributed by atoms with Crippen LogP contribution in [0, 0.1) is 5.92 Å². The molecule has 0 fully saturated rings. The summed E-state index contributed by atoms with van der Waals surface area (Å²) in [6.45, 7) is 0. The molecule has 5 heteroatoms. The molecule has 2 N–H and O–H groups in total. The molecule has 1 aromatic heterocycles. The highest BCUT2D eigenvalue weighted by atomic mass is 16.5. The van der Waals surface area contributed by atoms with Gasteiger partial charge in [0.05, 0.1) is 13.4 Å². The first-order chi connectivity index (χ1) is 8.13. The third kappa shape index (κ3) is 2.08. The van der Waals surface area contributed by atoms with Crippen LogP contribution < -0.4 is 5.73 Å². The van der Waals surface area contributed by atoms with Crippen LogP contribution in [-0.2, 0) is 14.3 Å². The van der Waals surface area contributed by atoms with Crippen LogP contribution in [0.25, 0.3) is 0 Å². The number of rotatable bonds is 2. The van der Waals surface area contributed by atoms with E-state index in [1.807, 2.05) is 0 Å². The van der Waals surface area contributed by atoms with Gasteiger partial charge in [0.1, 0.15) is 11.7 Å². The van der Waals surface area contributed by atoms with Gasteiger partial charge < -0.3 is 14.9 Å². The van der Waals surface area contributed by atoms with Crippen molar-refractivity contribution in [3.63, 3.8) is 0 Å². The van der Waals surface area contributed by atoms with Crippen molar-refractivity contribution >= 4 is 11.8 Å². The minimum Gasteiger partial charge on any atom is -0.469 e. The number of allylic oxidation sites excluding steroid dienone is 2. The minimum absolute atomic E-state index is 0.331. The lowest BCUT2D eigenvalue weighted by Gasteiger charge is -2.25. The Bertz CT molecular complexity index is 461. The number of hydrogen-bond donors (Lipinski definition) is 1. The summed E-state index contributed by atoms with van der Waals surface area (Å²) in [6.07, 6.45) is 3.21. The smallest absolute Gasteiger partial charge is 0.317 e. The van der Waals surface area contributed by atoms with E-state index in [2.05, 4.69) is 4.74 Å². The average Bonchev–Trinajstić information content (AvgIpc) is 2.80. The van der Waals surface area contributed by atoms with Crippen LogP contribution in [0.15, 0.2) is 34.6 Å². The van der Waals surface area contributed by atoms with Gasteiger partial charge in [-0.25, -0.2) is 0 Å². The quantitative estimate of drug-likeness (QED) is 0.610. The molecule has 0 aliphatic heterocycles. The van der Waals surface area contributed by atoms with E-state index in [0.29, 0.717) is 17.9 Å². The first-order valence-electron chi connectivity index (χ1n) is 5.24. The van der Waals surface area contributed by atoms with E-state index >= 15 is 0 Å². The van der Waals surface area contributed by atoms with E-state index in [-0.39, 0.29) is 11.7 Å². The van der Waals surface area contributed by atoms with Gasteiger partial charge in [0, 0.05) is 17.7 Å². The van der Waals surface area contributed by atoms with Crippen LogP contribution in [0.3, 0.4) is 0 Å². The maximum atomic E-state index is 11.8. The third-order valence-electron chi connectivity index (χ3n) is 2.86. The lowest BCUT2D eigenvalue weighted by molar-refractivity contribution is -0.149. The molecule has 1 aromatic rings. The molecule has 17 heavy (non-hydrogen) atoms. The van der Waals surface area contributed by atoms with Crippen molar-refractivity contribution in [1.82, 2.24) is 0 Å². The van der Waals surface area contributed by atoms with Gasteiger partial charge in [-0.2, -0.15) is 0 Å². The number of esters is 1. The van der Waals surface area contributed by atoms with Gasteiger partial charge in [-0.3, -0.25) is 9.59 Å². The molecule has 5 nitrogen and oxygen atoms in total. The number of carbonyl (C=O) groups excluding carboxylic acids is 2. The molecule has 0 radical (unpaired) electrons. The zero-order chi connectivity index (χ0) is 12.4. The van der Waals surface area contributed by atoms with Gasteiger partial charge >= 0.3 is 5.97 Å². The maximum absolute atomic E-state index is 11.8. The molecule has 0 spiro atoms. The van der Waals surface area contributed by atoms with Gasteiger partial charge in [-0.15, -0.1) is 0 Å². The van der Waals surface area contributed by atoms with E-state index in [1.54, 1.807) is 12.1 Å². The second-order valence-electron chi connectivity index (χ2n) is 3.95. The molecule has 0 unspecified atom stereocenters. The molecule has 1 aliphatic rings. The monoisotopic (exact) mass is 235 g/mol. The lowest BCUT2D eigenvalue weighted by Crippen LogP contribution is -2.34. The van der Waals surface area contributed by atoms with Gasteiger partial charge in [0.2, 0.25) is 0 Å². The highest BCUT2D eigenvalue weighted by Crippen LogP contribution is 2.35. The summed E-state index contributed by atoms with van der Waals surface area (Å²) < 4.78 is 9.90. The Morgan fingerprint density at radius 2 is 2.35 bits per heavy atom. The van der Waals surface area contributed by atoms with Crippen molar-refractivity contribution in [2.24, 2.45) is 11.7 Å². The van der Waals surface area contributed by atoms with Crippen LogP contribution >= 0.6 is 0 Å². The van der Waals surface area contributed by atoms with Crippen molar-refractivity contribution in [2.75, 3.05) is 7.11 Å². The largest absolute Gasteiger partial charge is 0.469 e. The molecular formula is C12H13NO4. The molecule has 0 saturated carbocycles. The minimum atomic E-state index is -0.863. The molecule has 0 aromatic carbocycles. The van der Waals surface area contributed by atoms with Gasteiger partial charge in [0.15, 0.2) is 5.78 Å². The molecule has 2 rings (SSSR count). The predicted molar refractivity (Wildman–Crippen MR) is 58.8 cm³/mol. The Morgan fingerprint density at radius 1 is 1.59 bits per heavy atom. The van der Waals surface area contributed by atoms with Crippen LogP contribution in [0.2, 0.25) is 0 Å². The SMILES string of the molecule is COC(=O)[C@@H]1C(=O)C=C(N)C[C@H]1c1ccco1. The van der Waals surface area contributed by atoms with Crippen molar-refractivity contribution < 1.29 is 18.7 Å². The summed E-state index contributed by atoms with van der Waals surface area (Å²) in [5.74, 6) is -1.56. The fourth-order valence-electron chi connectivity index (χ4n) is 2.08. The Balaban J connectivity index is 2.37. The highest BCUT2D eigenvalue weighted by Gasteiger charge is 2.40. The molecule has 0 amide bonds. The highest BCUT2D eigenvalue weighted by molar-refractivity contribution is 6.06. The number of methoxy groups -OCH3 is 1. The Kier molecular flexibility index (Phi) is 2.99. The van der Waals surface area contributed by atoms with E-state index < -0.39 is 11.9 Å². The zero-order valence-electron chi connectivity index (χ0n) is 9.38. The Labute approximate surface area is 98.2 Å². The van der Waals surface area contributed by atoms with Crippen LogP contribution in [0.1, 0.15) is 18.1 Å². The zero-order valence-corrected chi connectivity index (χ0v) is 9.38. The normalized spacial score (nSPS) is 24.3. The van der Waals surface area contributed by atoms with E-state index in [4.69, 9.17) is 10.2 Å².